The minimum absolute atomic E-state index is 0.0960. The van der Waals surface area contributed by atoms with Crippen molar-refractivity contribution in [1.29, 1.82) is 0 Å². The molecule has 88 valence electrons. The third-order valence-corrected chi connectivity index (χ3v) is 3.65. The SMILES string of the molecule is S=C1NC(=S)C2CNN(c3ccccc3)C2N1. The molecule has 2 unspecified atom stereocenters. The molecule has 2 saturated heterocycles. The van der Waals surface area contributed by atoms with Gasteiger partial charge in [-0.3, -0.25) is 5.01 Å². The summed E-state index contributed by atoms with van der Waals surface area (Å²) in [6.07, 6.45) is 0.0960. The molecular weight excluding hydrogens is 252 g/mol. The summed E-state index contributed by atoms with van der Waals surface area (Å²) >= 11 is 10.5. The highest BCUT2D eigenvalue weighted by Crippen LogP contribution is 2.24. The first-order valence-corrected chi connectivity index (χ1v) is 6.26. The Balaban J connectivity index is 1.89. The molecule has 2 atom stereocenters. The van der Waals surface area contributed by atoms with E-state index in [9.17, 15) is 0 Å². The van der Waals surface area contributed by atoms with Gasteiger partial charge in [-0.15, -0.1) is 0 Å². The van der Waals surface area contributed by atoms with Gasteiger partial charge in [-0.1, -0.05) is 30.4 Å². The maximum Gasteiger partial charge on any atom is 0.172 e. The molecule has 0 saturated carbocycles. The lowest BCUT2D eigenvalue weighted by Crippen LogP contribution is -2.60. The molecule has 0 amide bonds. The molecule has 17 heavy (non-hydrogen) atoms. The van der Waals surface area contributed by atoms with E-state index < -0.39 is 0 Å². The molecule has 6 heteroatoms. The minimum Gasteiger partial charge on any atom is -0.340 e. The zero-order valence-electron chi connectivity index (χ0n) is 9.01. The summed E-state index contributed by atoms with van der Waals surface area (Å²) < 4.78 is 0. The standard InChI is InChI=1S/C11H12N4S2/c16-10-8-6-12-15(7-4-2-1-3-5-7)9(8)13-11(17)14-10/h1-5,8-9,12H,6H2,(H2,13,14,16,17). The summed E-state index contributed by atoms with van der Waals surface area (Å²) in [5, 5.41) is 8.95. The number of anilines is 1. The zero-order chi connectivity index (χ0) is 11.8. The van der Waals surface area contributed by atoms with Crippen LogP contribution in [-0.4, -0.2) is 22.8 Å². The van der Waals surface area contributed by atoms with Crippen LogP contribution in [-0.2, 0) is 0 Å². The fourth-order valence-corrected chi connectivity index (χ4v) is 2.81. The summed E-state index contributed by atoms with van der Waals surface area (Å²) in [6, 6.07) is 10.2. The fraction of sp³-hybridized carbons (Fsp3) is 0.273. The van der Waals surface area contributed by atoms with Gasteiger partial charge >= 0.3 is 0 Å². The first-order valence-electron chi connectivity index (χ1n) is 5.45. The summed E-state index contributed by atoms with van der Waals surface area (Å²) in [6.45, 7) is 0.820. The van der Waals surface area contributed by atoms with E-state index in [1.165, 1.54) is 0 Å². The second kappa shape index (κ2) is 4.21. The van der Waals surface area contributed by atoms with Gasteiger partial charge < -0.3 is 10.6 Å². The predicted octanol–water partition coefficient (Wildman–Crippen LogP) is 0.759. The van der Waals surface area contributed by atoms with E-state index in [1.54, 1.807) is 0 Å². The number of nitrogens with one attached hydrogen (secondary N) is 3. The van der Waals surface area contributed by atoms with E-state index in [0.29, 0.717) is 5.11 Å². The molecule has 2 aliphatic rings. The van der Waals surface area contributed by atoms with Crippen LogP contribution < -0.4 is 21.1 Å². The van der Waals surface area contributed by atoms with Crippen LogP contribution >= 0.6 is 24.4 Å². The number of hydrogen-bond acceptors (Lipinski definition) is 4. The normalized spacial score (nSPS) is 27.4. The van der Waals surface area contributed by atoms with Crippen LogP contribution in [0.5, 0.6) is 0 Å². The molecule has 0 radical (unpaired) electrons. The molecule has 1 aromatic rings. The number of fused-ring (bicyclic) bond motifs is 1. The molecular formula is C11H12N4S2. The maximum absolute atomic E-state index is 5.32. The second-order valence-electron chi connectivity index (χ2n) is 4.08. The van der Waals surface area contributed by atoms with Crippen molar-refractivity contribution in [3.63, 3.8) is 0 Å². The van der Waals surface area contributed by atoms with E-state index in [4.69, 9.17) is 24.4 Å². The number of rotatable bonds is 1. The Hall–Kier alpha value is -1.24. The number of hydrazine groups is 1. The Morgan fingerprint density at radius 2 is 1.94 bits per heavy atom. The lowest BCUT2D eigenvalue weighted by molar-refractivity contribution is 0.542. The van der Waals surface area contributed by atoms with Gasteiger partial charge in [0.2, 0.25) is 0 Å². The molecule has 0 aliphatic carbocycles. The van der Waals surface area contributed by atoms with E-state index >= 15 is 0 Å². The quantitative estimate of drug-likeness (QED) is 0.651. The van der Waals surface area contributed by atoms with Crippen molar-refractivity contribution in [1.82, 2.24) is 16.1 Å². The molecule has 3 N–H and O–H groups in total. The van der Waals surface area contributed by atoms with Crippen molar-refractivity contribution in [3.05, 3.63) is 30.3 Å². The summed E-state index contributed by atoms with van der Waals surface area (Å²) in [5.74, 6) is 0.247. The van der Waals surface area contributed by atoms with Crippen LogP contribution in [0.15, 0.2) is 30.3 Å². The van der Waals surface area contributed by atoms with Gasteiger partial charge in [0.05, 0.1) is 16.6 Å². The summed E-state index contributed by atoms with van der Waals surface area (Å²) in [5.41, 5.74) is 4.46. The third kappa shape index (κ3) is 1.88. The first-order chi connectivity index (χ1) is 8.25. The molecule has 0 bridgehead atoms. The highest BCUT2D eigenvalue weighted by molar-refractivity contribution is 7.82. The zero-order valence-corrected chi connectivity index (χ0v) is 10.6. The molecule has 0 spiro atoms. The van der Waals surface area contributed by atoms with Crippen molar-refractivity contribution < 1.29 is 0 Å². The highest BCUT2D eigenvalue weighted by atomic mass is 32.1. The van der Waals surface area contributed by atoms with Gasteiger partial charge in [0.25, 0.3) is 0 Å². The van der Waals surface area contributed by atoms with Gasteiger partial charge in [-0.2, -0.15) is 0 Å². The Kier molecular flexibility index (Phi) is 2.70. The average Bonchev–Trinajstić information content (AvgIpc) is 2.74. The van der Waals surface area contributed by atoms with Gasteiger partial charge in [0.15, 0.2) is 5.11 Å². The van der Waals surface area contributed by atoms with Crippen molar-refractivity contribution in [2.24, 2.45) is 5.92 Å². The Labute approximate surface area is 110 Å². The molecule has 0 aromatic heterocycles. The number of nitrogens with zero attached hydrogens (tertiary/aromatic N) is 1. The van der Waals surface area contributed by atoms with Crippen LogP contribution in [0.3, 0.4) is 0 Å². The van der Waals surface area contributed by atoms with Crippen LogP contribution in [0.2, 0.25) is 0 Å². The van der Waals surface area contributed by atoms with Gasteiger partial charge in [-0.25, -0.2) is 5.43 Å². The van der Waals surface area contributed by atoms with Crippen molar-refractivity contribution in [3.8, 4) is 0 Å². The molecule has 1 aromatic carbocycles. The second-order valence-corrected chi connectivity index (χ2v) is 4.93. The molecule has 2 aliphatic heterocycles. The largest absolute Gasteiger partial charge is 0.340 e. The topological polar surface area (TPSA) is 39.3 Å². The Morgan fingerprint density at radius 3 is 2.71 bits per heavy atom. The number of benzene rings is 1. The summed E-state index contributed by atoms with van der Waals surface area (Å²) in [4.78, 5) is 0.810. The van der Waals surface area contributed by atoms with Crippen LogP contribution in [0.4, 0.5) is 5.69 Å². The van der Waals surface area contributed by atoms with Crippen LogP contribution in [0.1, 0.15) is 0 Å². The summed E-state index contributed by atoms with van der Waals surface area (Å²) in [7, 11) is 0. The highest BCUT2D eigenvalue weighted by Gasteiger charge is 2.40. The van der Waals surface area contributed by atoms with E-state index in [-0.39, 0.29) is 12.1 Å². The van der Waals surface area contributed by atoms with E-state index in [2.05, 4.69) is 33.2 Å². The lowest BCUT2D eigenvalue weighted by Gasteiger charge is -2.34. The molecule has 2 heterocycles. The maximum atomic E-state index is 5.32. The van der Waals surface area contributed by atoms with Crippen molar-refractivity contribution in [2.75, 3.05) is 11.6 Å². The monoisotopic (exact) mass is 264 g/mol. The number of para-hydroxylation sites is 1. The van der Waals surface area contributed by atoms with Crippen LogP contribution in [0.25, 0.3) is 0 Å². The lowest BCUT2D eigenvalue weighted by atomic mass is 10.1. The molecule has 2 fully saturated rings. The van der Waals surface area contributed by atoms with Gasteiger partial charge in [-0.05, 0) is 24.4 Å². The van der Waals surface area contributed by atoms with E-state index in [1.807, 2.05) is 18.2 Å². The number of thiocarbonyl (C=S) groups is 2. The third-order valence-electron chi connectivity index (χ3n) is 3.03. The van der Waals surface area contributed by atoms with Crippen molar-refractivity contribution >= 4 is 40.2 Å². The minimum atomic E-state index is 0.0960. The number of hydrogen-bond donors (Lipinski definition) is 3. The van der Waals surface area contributed by atoms with Crippen LogP contribution in [0, 0.1) is 5.92 Å². The Morgan fingerprint density at radius 1 is 1.18 bits per heavy atom. The van der Waals surface area contributed by atoms with Gasteiger partial charge in [0, 0.05) is 6.54 Å². The smallest absolute Gasteiger partial charge is 0.172 e. The first kappa shape index (κ1) is 10.9. The molecule has 4 nitrogen and oxygen atoms in total. The molecule has 3 rings (SSSR count). The van der Waals surface area contributed by atoms with E-state index in [0.717, 1.165) is 17.2 Å². The average molecular weight is 264 g/mol. The fourth-order valence-electron chi connectivity index (χ4n) is 2.20. The Bertz CT molecular complexity index is 462. The van der Waals surface area contributed by atoms with Crippen molar-refractivity contribution in [2.45, 2.75) is 6.17 Å². The predicted molar refractivity (Wildman–Crippen MR) is 75.7 cm³/mol. The van der Waals surface area contributed by atoms with Gasteiger partial charge in [0.1, 0.15) is 6.17 Å².